The molecule has 0 fully saturated rings. The van der Waals surface area contributed by atoms with Crippen LogP contribution in [0.3, 0.4) is 0 Å². The lowest BCUT2D eigenvalue weighted by molar-refractivity contribution is 0.134. The van der Waals surface area contributed by atoms with Gasteiger partial charge in [0, 0.05) is 12.2 Å². The molecule has 0 saturated carbocycles. The van der Waals surface area contributed by atoms with E-state index in [4.69, 9.17) is 25.1 Å². The summed E-state index contributed by atoms with van der Waals surface area (Å²) in [5, 5.41) is 3.94. The van der Waals surface area contributed by atoms with Crippen molar-refractivity contribution >= 4 is 32.6 Å². The van der Waals surface area contributed by atoms with Gasteiger partial charge in [-0.05, 0) is 43.5 Å². The first-order chi connectivity index (χ1) is 14.0. The molecular weight excluding hydrogens is 382 g/mol. The molecule has 0 aliphatic carbocycles. The fourth-order valence-corrected chi connectivity index (χ4v) is 4.11. The third-order valence-electron chi connectivity index (χ3n) is 4.75. The third kappa shape index (κ3) is 4.49. The van der Waals surface area contributed by atoms with Crippen LogP contribution in [-0.4, -0.2) is 31.8 Å². The Bertz CT molecular complexity index is 1020. The number of hydrogen-bond acceptors (Lipinski definition) is 4. The summed E-state index contributed by atoms with van der Waals surface area (Å²) in [4.78, 5) is 0.577. The average Bonchev–Trinajstić information content (AvgIpc) is 3.09. The molecule has 0 amide bonds. The molecule has 5 nitrogen and oxygen atoms in total. The van der Waals surface area contributed by atoms with Crippen LogP contribution < -0.4 is 4.22 Å². The Morgan fingerprint density at radius 3 is 2.59 bits per heavy atom. The monoisotopic (exact) mass is 404 g/mol. The van der Waals surface area contributed by atoms with Crippen molar-refractivity contribution in [3.63, 3.8) is 0 Å². The second-order valence-electron chi connectivity index (χ2n) is 6.59. The molecule has 1 aromatic heterocycles. The van der Waals surface area contributed by atoms with Crippen LogP contribution in [0, 0.1) is 13.8 Å². The van der Waals surface area contributed by atoms with Gasteiger partial charge in [0.05, 0.1) is 19.3 Å². The Labute approximate surface area is 176 Å². The molecule has 3 rings (SSSR count). The first-order valence-electron chi connectivity index (χ1n) is 9.36. The minimum Gasteiger partial charge on any atom is -0.377 e. The van der Waals surface area contributed by atoms with Gasteiger partial charge >= 0.3 is 0 Å². The zero-order valence-electron chi connectivity index (χ0n) is 16.8. The van der Waals surface area contributed by atoms with Crippen LogP contribution in [0.4, 0.5) is 5.82 Å². The Kier molecular flexibility index (Phi) is 6.98. The molecule has 1 atom stereocenters. The van der Waals surface area contributed by atoms with Gasteiger partial charge in [-0.2, -0.15) is 0 Å². The minimum absolute atomic E-state index is 0.351. The van der Waals surface area contributed by atoms with E-state index in [1.165, 1.54) is 0 Å². The second-order valence-corrected chi connectivity index (χ2v) is 7.92. The van der Waals surface area contributed by atoms with E-state index in [2.05, 4.69) is 5.16 Å². The molecule has 4 radical (unpaired) electrons. The Balaban J connectivity index is 2.05. The van der Waals surface area contributed by atoms with Crippen molar-refractivity contribution < 1.29 is 13.5 Å². The van der Waals surface area contributed by atoms with Gasteiger partial charge in [0.15, 0.2) is 5.82 Å². The normalized spacial score (nSPS) is 12.1. The maximum Gasteiger partial charge on any atom is 0.251 e. The van der Waals surface area contributed by atoms with Crippen LogP contribution in [0.2, 0.25) is 0 Å². The van der Waals surface area contributed by atoms with E-state index in [9.17, 15) is 4.21 Å². The average molecular weight is 404 g/mol. The summed E-state index contributed by atoms with van der Waals surface area (Å²) < 4.78 is 25.3. The lowest BCUT2D eigenvalue weighted by Crippen LogP contribution is -2.24. The van der Waals surface area contributed by atoms with Crippen LogP contribution in [-0.2, 0) is 28.6 Å². The van der Waals surface area contributed by atoms with Crippen molar-refractivity contribution in [2.45, 2.75) is 38.6 Å². The number of rotatable bonds is 8. The second kappa shape index (κ2) is 9.46. The summed E-state index contributed by atoms with van der Waals surface area (Å²) >= 11 is 0. The summed E-state index contributed by atoms with van der Waals surface area (Å²) in [5.74, 6) is 0.987. The third-order valence-corrected chi connectivity index (χ3v) is 6.01. The van der Waals surface area contributed by atoms with Crippen LogP contribution in [0.15, 0.2) is 51.9 Å². The highest BCUT2D eigenvalue weighted by molar-refractivity contribution is 7.87. The highest BCUT2D eigenvalue weighted by Crippen LogP contribution is 2.33. The van der Waals surface area contributed by atoms with Crippen molar-refractivity contribution in [1.29, 1.82) is 0 Å². The first kappa shape index (κ1) is 21.4. The van der Waals surface area contributed by atoms with Gasteiger partial charge in [0.1, 0.15) is 16.7 Å². The maximum absolute atomic E-state index is 13.3. The Morgan fingerprint density at radius 1 is 1.17 bits per heavy atom. The molecule has 1 heterocycles. The lowest BCUT2D eigenvalue weighted by atomic mass is 9.92. The SMILES string of the molecule is [B]Cc1ccc(-c2ccccc2S(=O)N([B])c2noc(C)c2C)c(COCC)c1. The van der Waals surface area contributed by atoms with Crippen molar-refractivity contribution in [2.75, 3.05) is 10.8 Å². The summed E-state index contributed by atoms with van der Waals surface area (Å²) in [6.45, 7) is 6.60. The van der Waals surface area contributed by atoms with Crippen LogP contribution in [0.25, 0.3) is 11.1 Å². The molecule has 0 saturated heterocycles. The largest absolute Gasteiger partial charge is 0.377 e. The summed E-state index contributed by atoms with van der Waals surface area (Å²) in [6.07, 6.45) is 0.439. The van der Waals surface area contributed by atoms with Crippen LogP contribution >= 0.6 is 0 Å². The molecule has 0 aliphatic rings. The highest BCUT2D eigenvalue weighted by atomic mass is 32.2. The summed E-state index contributed by atoms with van der Waals surface area (Å²) in [7, 11) is 10.3. The number of hydrogen-bond donors (Lipinski definition) is 0. The number of aromatic nitrogens is 1. The molecule has 1 unspecified atom stereocenters. The summed E-state index contributed by atoms with van der Waals surface area (Å²) in [6, 6.07) is 13.4. The summed E-state index contributed by atoms with van der Waals surface area (Å²) in [5.41, 5.74) is 4.49. The minimum atomic E-state index is -1.69. The molecule has 29 heavy (non-hydrogen) atoms. The molecule has 146 valence electrons. The van der Waals surface area contributed by atoms with E-state index in [1.54, 1.807) is 13.0 Å². The number of anilines is 1. The van der Waals surface area contributed by atoms with Crippen LogP contribution in [0.5, 0.6) is 0 Å². The highest BCUT2D eigenvalue weighted by Gasteiger charge is 2.21. The van der Waals surface area contributed by atoms with Crippen LogP contribution in [0.1, 0.15) is 29.4 Å². The van der Waals surface area contributed by atoms with E-state index < -0.39 is 11.0 Å². The molecular formula is C21H22B2N2O3S. The molecule has 0 N–H and O–H groups in total. The quantitative estimate of drug-likeness (QED) is 0.537. The number of benzene rings is 2. The predicted octanol–water partition coefficient (Wildman–Crippen LogP) is 3.78. The van der Waals surface area contributed by atoms with Gasteiger partial charge in [-0.1, -0.05) is 53.4 Å². The van der Waals surface area contributed by atoms with Crippen molar-refractivity contribution in [1.82, 2.24) is 5.16 Å². The van der Waals surface area contributed by atoms with Crippen molar-refractivity contribution in [3.05, 3.63) is 64.9 Å². The molecule has 3 aromatic rings. The van der Waals surface area contributed by atoms with Gasteiger partial charge in [-0.15, -0.1) is 0 Å². The van der Waals surface area contributed by atoms with Crippen molar-refractivity contribution in [2.24, 2.45) is 0 Å². The topological polar surface area (TPSA) is 55.6 Å². The van der Waals surface area contributed by atoms with Gasteiger partial charge < -0.3 is 13.5 Å². The molecule has 8 heteroatoms. The van der Waals surface area contributed by atoms with Crippen molar-refractivity contribution in [3.8, 4) is 11.1 Å². The maximum atomic E-state index is 13.3. The van der Waals surface area contributed by atoms with E-state index >= 15 is 0 Å². The number of aryl methyl sites for hydroxylation is 1. The molecule has 0 bridgehead atoms. The van der Waals surface area contributed by atoms with E-state index in [-0.39, 0.29) is 0 Å². The lowest BCUT2D eigenvalue weighted by Gasteiger charge is -2.20. The van der Waals surface area contributed by atoms with Gasteiger partial charge in [0.25, 0.3) is 7.98 Å². The van der Waals surface area contributed by atoms with Gasteiger partial charge in [-0.3, -0.25) is 0 Å². The zero-order chi connectivity index (χ0) is 21.0. The first-order valence-corrected chi connectivity index (χ1v) is 10.5. The van der Waals surface area contributed by atoms with E-state index in [1.807, 2.05) is 50.2 Å². The smallest absolute Gasteiger partial charge is 0.251 e. The standard InChI is InChI=1S/C21H22B2N2O3S/c1-4-27-13-17-11-16(12-22)9-10-18(17)19-7-5-6-8-20(19)29(26)25(23)21-14(2)15(3)28-24-21/h5-11H,4,12-13H2,1-3H3. The Morgan fingerprint density at radius 2 is 1.93 bits per heavy atom. The fraction of sp³-hybridized carbons (Fsp3) is 0.286. The van der Waals surface area contributed by atoms with Gasteiger partial charge in [-0.25, -0.2) is 4.21 Å². The van der Waals surface area contributed by atoms with E-state index in [0.717, 1.165) is 32.0 Å². The molecule has 0 aliphatic heterocycles. The fourth-order valence-electron chi connectivity index (χ4n) is 3.01. The van der Waals surface area contributed by atoms with E-state index in [0.29, 0.717) is 36.0 Å². The molecule has 2 aromatic carbocycles. The Hall–Kier alpha value is -2.31. The predicted molar refractivity (Wildman–Crippen MR) is 117 cm³/mol. The van der Waals surface area contributed by atoms with Gasteiger partial charge in [0.2, 0.25) is 0 Å². The molecule has 0 spiro atoms. The number of nitrogens with zero attached hydrogens (tertiary/aromatic N) is 2. The number of ether oxygens (including phenoxy) is 1. The zero-order valence-corrected chi connectivity index (χ0v) is 17.7.